The molecule has 3 aliphatic heterocycles. The van der Waals surface area contributed by atoms with Crippen LogP contribution in [0.1, 0.15) is 72.4 Å². The van der Waals surface area contributed by atoms with Crippen molar-refractivity contribution in [1.82, 2.24) is 14.5 Å². The van der Waals surface area contributed by atoms with Crippen molar-refractivity contribution in [2.45, 2.75) is 56.3 Å². The summed E-state index contributed by atoms with van der Waals surface area (Å²) in [6.45, 7) is 3.51. The van der Waals surface area contributed by atoms with E-state index < -0.39 is 28.8 Å². The van der Waals surface area contributed by atoms with Crippen LogP contribution < -0.4 is 5.73 Å². The Morgan fingerprint density at radius 1 is 1.36 bits per heavy atom. The van der Waals surface area contributed by atoms with E-state index in [0.717, 1.165) is 18.4 Å². The fourth-order valence-electron chi connectivity index (χ4n) is 5.14. The fourth-order valence-corrected chi connectivity index (χ4v) is 5.14. The molecule has 0 spiro atoms. The zero-order chi connectivity index (χ0) is 23.9. The Hall–Kier alpha value is -3.22. The second-order valence-corrected chi connectivity index (χ2v) is 9.75. The predicted molar refractivity (Wildman–Crippen MR) is 116 cm³/mol. The van der Waals surface area contributed by atoms with Crippen molar-refractivity contribution >= 4 is 11.8 Å². The van der Waals surface area contributed by atoms with Crippen molar-refractivity contribution < 1.29 is 24.2 Å². The number of likely N-dealkylation sites (tertiary alicyclic amines) is 1. The summed E-state index contributed by atoms with van der Waals surface area (Å²) < 4.78 is 16.9. The molecule has 0 unspecified atom stereocenters. The molecule has 1 aromatic carbocycles. The molecule has 4 aliphatic rings. The first kappa shape index (κ1) is 21.6. The molecule has 4 heterocycles. The van der Waals surface area contributed by atoms with Gasteiger partial charge in [0.05, 0.1) is 11.3 Å². The number of carbonyl (C=O) groups is 2. The van der Waals surface area contributed by atoms with Crippen molar-refractivity contribution in [2.75, 3.05) is 13.6 Å². The third-order valence-electron chi connectivity index (χ3n) is 6.94. The number of likely N-dealkylation sites (N-methyl/N-ethyl adjacent to an activating group) is 1. The molecule has 33 heavy (non-hydrogen) atoms. The Kier molecular flexibility index (Phi) is 4.51. The molecular formula is C24H25FN4O4. The summed E-state index contributed by atoms with van der Waals surface area (Å²) in [4.78, 5) is 30.2. The van der Waals surface area contributed by atoms with Gasteiger partial charge in [-0.05, 0) is 50.3 Å². The number of rotatable bonds is 2. The van der Waals surface area contributed by atoms with Gasteiger partial charge in [0.2, 0.25) is 5.60 Å². The molecule has 0 radical (unpaired) electrons. The maximum absolute atomic E-state index is 15.0. The lowest BCUT2D eigenvalue weighted by atomic mass is 9.75. The van der Waals surface area contributed by atoms with E-state index in [9.17, 15) is 19.8 Å². The molecule has 1 saturated carbocycles. The van der Waals surface area contributed by atoms with E-state index in [2.05, 4.69) is 16.8 Å². The van der Waals surface area contributed by atoms with Gasteiger partial charge >= 0.3 is 0 Å². The van der Waals surface area contributed by atoms with E-state index in [1.54, 1.807) is 27.0 Å². The fraction of sp³-hybridized carbons (Fsp3) is 0.458. The van der Waals surface area contributed by atoms with Gasteiger partial charge in [-0.15, -0.1) is 0 Å². The summed E-state index contributed by atoms with van der Waals surface area (Å²) in [7, 11) is 1.58. The number of hydrogen-bond donors (Lipinski definition) is 3. The average Bonchev–Trinajstić information content (AvgIpc) is 3.13. The van der Waals surface area contributed by atoms with Gasteiger partial charge in [0.1, 0.15) is 17.2 Å². The molecule has 2 fully saturated rings. The minimum Gasteiger partial charge on any atom is -0.384 e. The van der Waals surface area contributed by atoms with Gasteiger partial charge in [-0.1, -0.05) is 11.8 Å². The first-order valence-corrected chi connectivity index (χ1v) is 10.9. The number of halogens is 1. The van der Waals surface area contributed by atoms with E-state index in [4.69, 9.17) is 5.73 Å². The van der Waals surface area contributed by atoms with E-state index >= 15 is 4.39 Å². The zero-order valence-electron chi connectivity index (χ0n) is 18.6. The Labute approximate surface area is 190 Å². The highest BCUT2D eigenvalue weighted by Crippen LogP contribution is 2.54. The molecule has 172 valence electrons. The smallest absolute Gasteiger partial charge is 0.269 e. The molecule has 2 amide bonds. The number of benzene rings is 1. The standard InChI is InChI=1S/C24H25FN4O4/c1-23(2,32)19-18(20(26)30)27-21-16-10-12(4-5-24(33)6-7-28(3)22(24)31)17(25)11-15(16)13-8-14(9-13)29(19)21/h10-11,13-14,32-33H,6-9H2,1-3H3,(H2,26,30)/t13?,14?,24-/m1/s1. The third-order valence-corrected chi connectivity index (χ3v) is 6.94. The summed E-state index contributed by atoms with van der Waals surface area (Å²) in [5.74, 6) is 3.94. The van der Waals surface area contributed by atoms with Crippen LogP contribution in [-0.2, 0) is 10.4 Å². The lowest BCUT2D eigenvalue weighted by molar-refractivity contribution is -0.137. The van der Waals surface area contributed by atoms with Crippen LogP contribution in [0.25, 0.3) is 11.4 Å². The van der Waals surface area contributed by atoms with Crippen molar-refractivity contribution in [2.24, 2.45) is 5.73 Å². The molecular weight excluding hydrogens is 427 g/mol. The zero-order valence-corrected chi connectivity index (χ0v) is 18.6. The number of nitrogens with zero attached hydrogens (tertiary/aromatic N) is 3. The monoisotopic (exact) mass is 452 g/mol. The Bertz CT molecular complexity index is 1280. The van der Waals surface area contributed by atoms with Crippen LogP contribution in [0.2, 0.25) is 0 Å². The van der Waals surface area contributed by atoms with Crippen molar-refractivity contribution in [1.29, 1.82) is 0 Å². The quantitative estimate of drug-likeness (QED) is 0.595. The normalized spacial score (nSPS) is 25.5. The van der Waals surface area contributed by atoms with Gasteiger partial charge in [0, 0.05) is 31.6 Å². The summed E-state index contributed by atoms with van der Waals surface area (Å²) in [5.41, 5.74) is 4.07. The minimum absolute atomic E-state index is 0.00405. The Morgan fingerprint density at radius 3 is 2.64 bits per heavy atom. The molecule has 1 saturated heterocycles. The van der Waals surface area contributed by atoms with Gasteiger partial charge in [-0.25, -0.2) is 9.37 Å². The van der Waals surface area contributed by atoms with Crippen LogP contribution in [0, 0.1) is 17.7 Å². The van der Waals surface area contributed by atoms with Gasteiger partial charge in [0.25, 0.3) is 11.8 Å². The number of aliphatic hydroxyl groups is 2. The summed E-state index contributed by atoms with van der Waals surface area (Å²) >= 11 is 0. The molecule has 9 heteroatoms. The number of amides is 2. The van der Waals surface area contributed by atoms with Crippen LogP contribution in [-0.4, -0.2) is 55.7 Å². The first-order valence-electron chi connectivity index (χ1n) is 10.9. The summed E-state index contributed by atoms with van der Waals surface area (Å²) in [6.07, 6.45) is 1.60. The SMILES string of the molecule is CN1CC[C@](O)(C#Cc2cc3c(cc2F)C2CC(C2)n2c-3nc(C(N)=O)c2C(C)(C)O)C1=O. The van der Waals surface area contributed by atoms with Crippen LogP contribution in [0.3, 0.4) is 0 Å². The molecule has 1 aromatic heterocycles. The Balaban J connectivity index is 1.69. The summed E-state index contributed by atoms with van der Waals surface area (Å²) in [5, 5.41) is 21.4. The highest BCUT2D eigenvalue weighted by atomic mass is 19.1. The number of hydrogen-bond acceptors (Lipinski definition) is 5. The second kappa shape index (κ2) is 6.89. The maximum Gasteiger partial charge on any atom is 0.269 e. The Morgan fingerprint density at radius 2 is 2.06 bits per heavy atom. The maximum atomic E-state index is 15.0. The second-order valence-electron chi connectivity index (χ2n) is 9.75. The number of aromatic nitrogens is 2. The highest BCUT2D eigenvalue weighted by molar-refractivity contribution is 5.93. The van der Waals surface area contributed by atoms with E-state index in [-0.39, 0.29) is 29.6 Å². The highest BCUT2D eigenvalue weighted by Gasteiger charge is 2.44. The number of carbonyl (C=O) groups excluding carboxylic acids is 2. The van der Waals surface area contributed by atoms with Gasteiger partial charge < -0.3 is 25.4 Å². The topological polar surface area (TPSA) is 122 Å². The molecule has 2 aromatic rings. The largest absolute Gasteiger partial charge is 0.384 e. The minimum atomic E-state index is -1.85. The lowest BCUT2D eigenvalue weighted by Gasteiger charge is -2.37. The predicted octanol–water partition coefficient (Wildman–Crippen LogP) is 1.39. The van der Waals surface area contributed by atoms with Gasteiger partial charge in [0.15, 0.2) is 5.69 Å². The van der Waals surface area contributed by atoms with Crippen molar-refractivity contribution in [3.8, 4) is 23.2 Å². The van der Waals surface area contributed by atoms with Crippen LogP contribution in [0.5, 0.6) is 0 Å². The van der Waals surface area contributed by atoms with Crippen LogP contribution in [0.15, 0.2) is 12.1 Å². The van der Waals surface area contributed by atoms with Gasteiger partial charge in [-0.3, -0.25) is 9.59 Å². The van der Waals surface area contributed by atoms with Gasteiger partial charge in [-0.2, -0.15) is 0 Å². The molecule has 1 atom stereocenters. The third kappa shape index (κ3) is 3.16. The van der Waals surface area contributed by atoms with Crippen LogP contribution >= 0.6 is 0 Å². The van der Waals surface area contributed by atoms with Crippen LogP contribution in [0.4, 0.5) is 4.39 Å². The molecule has 1 aliphatic carbocycles. The molecule has 2 bridgehead atoms. The average molecular weight is 452 g/mol. The number of nitrogens with two attached hydrogens (primary N) is 1. The summed E-state index contributed by atoms with van der Waals surface area (Å²) in [6, 6.07) is 2.97. The molecule has 4 N–H and O–H groups in total. The number of primary amides is 1. The van der Waals surface area contributed by atoms with E-state index in [1.807, 2.05) is 4.57 Å². The molecule has 6 rings (SSSR count). The van der Waals surface area contributed by atoms with E-state index in [1.165, 1.54) is 11.0 Å². The first-order chi connectivity index (χ1) is 15.4. The molecule has 8 nitrogen and oxygen atoms in total. The lowest BCUT2D eigenvalue weighted by Crippen LogP contribution is -2.37. The van der Waals surface area contributed by atoms with Crippen molar-refractivity contribution in [3.05, 3.63) is 40.5 Å². The van der Waals surface area contributed by atoms with Crippen molar-refractivity contribution in [3.63, 3.8) is 0 Å². The number of imidazole rings is 1. The van der Waals surface area contributed by atoms with E-state index in [0.29, 0.717) is 23.6 Å².